The van der Waals surface area contributed by atoms with E-state index in [1.807, 2.05) is 0 Å². The Morgan fingerprint density at radius 2 is 1.23 bits per heavy atom. The first-order valence-electron chi connectivity index (χ1n) is 4.34. The van der Waals surface area contributed by atoms with Gasteiger partial charge in [-0.05, 0) is 49.9 Å². The summed E-state index contributed by atoms with van der Waals surface area (Å²) in [6.45, 7) is 8.29. The van der Waals surface area contributed by atoms with Crippen LogP contribution in [0.2, 0.25) is 0 Å². The number of thiol groups is 1. The van der Waals surface area contributed by atoms with Gasteiger partial charge in [-0.15, -0.1) is 12.6 Å². The third kappa shape index (κ3) is 1.55. The van der Waals surface area contributed by atoms with Crippen LogP contribution in [0.5, 0.6) is 5.75 Å². The summed E-state index contributed by atoms with van der Waals surface area (Å²) >= 11 is 4.48. The molecular weight excluding hydrogens is 180 g/mol. The van der Waals surface area contributed by atoms with Crippen LogP contribution in [0.25, 0.3) is 0 Å². The fourth-order valence-electron chi connectivity index (χ4n) is 1.56. The minimum absolute atomic E-state index is 0.993. The Balaban J connectivity index is 3.56. The van der Waals surface area contributed by atoms with Crippen molar-refractivity contribution in [3.05, 3.63) is 22.3 Å². The molecular formula is C11H16OS. The van der Waals surface area contributed by atoms with Gasteiger partial charge in [-0.1, -0.05) is 0 Å². The fourth-order valence-corrected chi connectivity index (χ4v) is 1.90. The first-order valence-corrected chi connectivity index (χ1v) is 4.78. The Labute approximate surface area is 85.5 Å². The summed E-state index contributed by atoms with van der Waals surface area (Å²) in [6, 6.07) is 0. The minimum Gasteiger partial charge on any atom is -0.496 e. The molecule has 0 unspecified atom stereocenters. The van der Waals surface area contributed by atoms with Gasteiger partial charge in [0.25, 0.3) is 0 Å². The van der Waals surface area contributed by atoms with E-state index >= 15 is 0 Å². The van der Waals surface area contributed by atoms with Crippen LogP contribution in [0, 0.1) is 27.7 Å². The maximum absolute atomic E-state index is 5.36. The number of hydrogen-bond donors (Lipinski definition) is 1. The van der Waals surface area contributed by atoms with Crippen LogP contribution in [-0.2, 0) is 0 Å². The van der Waals surface area contributed by atoms with E-state index in [1.54, 1.807) is 7.11 Å². The fraction of sp³-hybridized carbons (Fsp3) is 0.455. The molecule has 0 radical (unpaired) electrons. The molecule has 0 spiro atoms. The molecule has 0 amide bonds. The molecule has 0 bridgehead atoms. The molecule has 0 heterocycles. The van der Waals surface area contributed by atoms with Gasteiger partial charge in [-0.3, -0.25) is 0 Å². The summed E-state index contributed by atoms with van der Waals surface area (Å²) in [5.74, 6) is 0.993. The second kappa shape index (κ2) is 3.62. The molecule has 0 saturated carbocycles. The van der Waals surface area contributed by atoms with Crippen LogP contribution in [0.1, 0.15) is 22.3 Å². The summed E-state index contributed by atoms with van der Waals surface area (Å²) in [6.07, 6.45) is 0. The summed E-state index contributed by atoms with van der Waals surface area (Å²) < 4.78 is 5.36. The van der Waals surface area contributed by atoms with Crippen molar-refractivity contribution in [2.75, 3.05) is 7.11 Å². The molecule has 0 N–H and O–H groups in total. The first-order chi connectivity index (χ1) is 6.00. The van der Waals surface area contributed by atoms with Gasteiger partial charge < -0.3 is 4.74 Å². The van der Waals surface area contributed by atoms with E-state index in [4.69, 9.17) is 4.74 Å². The van der Waals surface area contributed by atoms with Crippen molar-refractivity contribution in [1.29, 1.82) is 0 Å². The molecule has 0 fully saturated rings. The lowest BCUT2D eigenvalue weighted by Gasteiger charge is -2.16. The van der Waals surface area contributed by atoms with Crippen molar-refractivity contribution in [2.45, 2.75) is 32.6 Å². The molecule has 0 aliphatic rings. The molecule has 0 saturated heterocycles. The van der Waals surface area contributed by atoms with Crippen molar-refractivity contribution >= 4 is 12.6 Å². The van der Waals surface area contributed by atoms with Crippen LogP contribution in [-0.4, -0.2) is 7.11 Å². The molecule has 13 heavy (non-hydrogen) atoms. The third-order valence-corrected chi connectivity index (χ3v) is 3.39. The van der Waals surface area contributed by atoms with Crippen molar-refractivity contribution in [3.8, 4) is 5.75 Å². The summed E-state index contributed by atoms with van der Waals surface area (Å²) in [7, 11) is 1.71. The van der Waals surface area contributed by atoms with Crippen molar-refractivity contribution in [2.24, 2.45) is 0 Å². The van der Waals surface area contributed by atoms with Gasteiger partial charge in [0.05, 0.1) is 7.11 Å². The number of benzene rings is 1. The zero-order chi connectivity index (χ0) is 10.2. The maximum Gasteiger partial charge on any atom is 0.125 e. The molecule has 1 rings (SSSR count). The standard InChI is InChI=1S/C11H16OS/c1-6-8(3)11(13)9(4)7(2)10(6)12-5/h13H,1-5H3. The second-order valence-corrected chi connectivity index (χ2v) is 3.83. The lowest BCUT2D eigenvalue weighted by Crippen LogP contribution is -1.98. The molecule has 0 aliphatic heterocycles. The normalized spacial score (nSPS) is 10.3. The minimum atomic E-state index is 0.993. The third-order valence-electron chi connectivity index (χ3n) is 2.72. The van der Waals surface area contributed by atoms with Crippen LogP contribution in [0.15, 0.2) is 4.90 Å². The van der Waals surface area contributed by atoms with Gasteiger partial charge in [-0.25, -0.2) is 0 Å². The summed E-state index contributed by atoms with van der Waals surface area (Å²) in [4.78, 5) is 1.08. The van der Waals surface area contributed by atoms with Gasteiger partial charge in [0, 0.05) is 4.90 Å². The lowest BCUT2D eigenvalue weighted by molar-refractivity contribution is 0.407. The molecule has 0 atom stereocenters. The first kappa shape index (κ1) is 10.5. The topological polar surface area (TPSA) is 9.23 Å². The van der Waals surface area contributed by atoms with Gasteiger partial charge in [0.2, 0.25) is 0 Å². The Bertz CT molecular complexity index is 313. The van der Waals surface area contributed by atoms with Gasteiger partial charge in [-0.2, -0.15) is 0 Å². The SMILES string of the molecule is COc1c(C)c(C)c(S)c(C)c1C. The molecule has 0 aliphatic carbocycles. The van der Waals surface area contributed by atoms with Gasteiger partial charge in [0.1, 0.15) is 5.75 Å². The highest BCUT2D eigenvalue weighted by Crippen LogP contribution is 2.33. The van der Waals surface area contributed by atoms with Crippen molar-refractivity contribution < 1.29 is 4.74 Å². The van der Waals surface area contributed by atoms with E-state index < -0.39 is 0 Å². The number of ether oxygens (including phenoxy) is 1. The predicted octanol–water partition coefficient (Wildman–Crippen LogP) is 3.22. The highest BCUT2D eigenvalue weighted by molar-refractivity contribution is 7.80. The largest absolute Gasteiger partial charge is 0.496 e. The molecule has 1 aromatic rings. The highest BCUT2D eigenvalue weighted by atomic mass is 32.1. The lowest BCUT2D eigenvalue weighted by atomic mass is 10.00. The molecule has 1 nitrogen and oxygen atoms in total. The number of methoxy groups -OCH3 is 1. The molecule has 1 aromatic carbocycles. The van der Waals surface area contributed by atoms with Gasteiger partial charge in [0.15, 0.2) is 0 Å². The van der Waals surface area contributed by atoms with Crippen LogP contribution < -0.4 is 4.74 Å². The zero-order valence-electron chi connectivity index (χ0n) is 8.86. The van der Waals surface area contributed by atoms with Crippen molar-refractivity contribution in [1.82, 2.24) is 0 Å². The van der Waals surface area contributed by atoms with Crippen molar-refractivity contribution in [3.63, 3.8) is 0 Å². The highest BCUT2D eigenvalue weighted by Gasteiger charge is 2.12. The number of rotatable bonds is 1. The maximum atomic E-state index is 5.36. The van der Waals surface area contributed by atoms with E-state index in [1.165, 1.54) is 22.3 Å². The summed E-state index contributed by atoms with van der Waals surface area (Å²) in [5.41, 5.74) is 4.80. The van der Waals surface area contributed by atoms with E-state index in [-0.39, 0.29) is 0 Å². The van der Waals surface area contributed by atoms with Crippen LogP contribution in [0.4, 0.5) is 0 Å². The Kier molecular flexibility index (Phi) is 2.91. The number of hydrogen-bond acceptors (Lipinski definition) is 2. The predicted molar refractivity (Wildman–Crippen MR) is 59.2 cm³/mol. The Morgan fingerprint density at radius 3 is 1.54 bits per heavy atom. The van der Waals surface area contributed by atoms with Crippen LogP contribution >= 0.6 is 12.6 Å². The van der Waals surface area contributed by atoms with Gasteiger partial charge >= 0.3 is 0 Å². The van der Waals surface area contributed by atoms with E-state index in [9.17, 15) is 0 Å². The average Bonchev–Trinajstić information content (AvgIpc) is 2.13. The molecule has 2 heteroatoms. The Hall–Kier alpha value is -0.630. The second-order valence-electron chi connectivity index (χ2n) is 3.38. The zero-order valence-corrected chi connectivity index (χ0v) is 9.75. The Morgan fingerprint density at radius 1 is 0.846 bits per heavy atom. The molecule has 0 aromatic heterocycles. The monoisotopic (exact) mass is 196 g/mol. The van der Waals surface area contributed by atoms with Crippen LogP contribution in [0.3, 0.4) is 0 Å². The van der Waals surface area contributed by atoms with E-state index in [0.29, 0.717) is 0 Å². The van der Waals surface area contributed by atoms with E-state index in [0.717, 1.165) is 10.6 Å². The molecule has 72 valence electrons. The quantitative estimate of drug-likeness (QED) is 0.678. The summed E-state index contributed by atoms with van der Waals surface area (Å²) in [5, 5.41) is 0. The average molecular weight is 196 g/mol. The van der Waals surface area contributed by atoms with E-state index in [2.05, 4.69) is 40.3 Å². The smallest absolute Gasteiger partial charge is 0.125 e.